The van der Waals surface area contributed by atoms with Gasteiger partial charge in [0.05, 0.1) is 5.69 Å². The average molecular weight is 388 g/mol. The van der Waals surface area contributed by atoms with Crippen LogP contribution >= 0.6 is 0 Å². The number of rotatable bonds is 5. The Morgan fingerprint density at radius 2 is 1.41 bits per heavy atom. The van der Waals surface area contributed by atoms with Gasteiger partial charge in [0.2, 0.25) is 0 Å². The van der Waals surface area contributed by atoms with Gasteiger partial charge < -0.3 is 9.80 Å². The fourth-order valence-electron chi connectivity index (χ4n) is 3.90. The lowest BCUT2D eigenvalue weighted by molar-refractivity contribution is 0.0745. The third-order valence-corrected chi connectivity index (χ3v) is 5.53. The summed E-state index contributed by atoms with van der Waals surface area (Å²) >= 11 is 0. The third-order valence-electron chi connectivity index (χ3n) is 5.53. The lowest BCUT2D eigenvalue weighted by Gasteiger charge is -2.36. The number of hydrogen-bond donors (Lipinski definition) is 0. The Bertz CT molecular complexity index is 965. The highest BCUT2D eigenvalue weighted by molar-refractivity contribution is 5.95. The normalized spacial score (nSPS) is 14.1. The van der Waals surface area contributed by atoms with E-state index in [4.69, 9.17) is 0 Å². The first-order valence-electron chi connectivity index (χ1n) is 10.1. The molecule has 1 heterocycles. The van der Waals surface area contributed by atoms with Crippen molar-refractivity contribution in [2.45, 2.75) is 12.8 Å². The van der Waals surface area contributed by atoms with Gasteiger partial charge in [-0.2, -0.15) is 0 Å². The van der Waals surface area contributed by atoms with Crippen LogP contribution in [0.3, 0.4) is 0 Å². The van der Waals surface area contributed by atoms with Crippen molar-refractivity contribution in [2.75, 3.05) is 31.1 Å². The molecule has 0 aromatic heterocycles. The zero-order valence-corrected chi connectivity index (χ0v) is 16.4. The minimum atomic E-state index is -0.210. The topological polar surface area (TPSA) is 23.6 Å². The molecule has 3 aromatic rings. The Morgan fingerprint density at radius 1 is 0.759 bits per heavy atom. The van der Waals surface area contributed by atoms with E-state index in [1.165, 1.54) is 11.6 Å². The second-order valence-electron chi connectivity index (χ2n) is 7.37. The van der Waals surface area contributed by atoms with E-state index in [1.807, 2.05) is 58.3 Å². The highest BCUT2D eigenvalue weighted by Crippen LogP contribution is 2.22. The fraction of sp³-hybridized carbons (Fsp3) is 0.240. The Balaban J connectivity index is 1.42. The second kappa shape index (κ2) is 8.91. The Hall–Kier alpha value is -3.14. The number of piperazine rings is 1. The van der Waals surface area contributed by atoms with E-state index in [0.29, 0.717) is 31.9 Å². The van der Waals surface area contributed by atoms with Crippen LogP contribution in [0.1, 0.15) is 21.5 Å². The van der Waals surface area contributed by atoms with Gasteiger partial charge in [-0.25, -0.2) is 4.39 Å². The Labute approximate surface area is 171 Å². The fourth-order valence-corrected chi connectivity index (χ4v) is 3.90. The molecule has 1 amide bonds. The molecule has 0 radical (unpaired) electrons. The van der Waals surface area contributed by atoms with Crippen molar-refractivity contribution in [2.24, 2.45) is 0 Å². The molecule has 1 aliphatic rings. The van der Waals surface area contributed by atoms with Crippen molar-refractivity contribution in [3.8, 4) is 0 Å². The highest BCUT2D eigenvalue weighted by Gasteiger charge is 2.24. The first-order chi connectivity index (χ1) is 14.2. The molecule has 4 heteroatoms. The molecular weight excluding hydrogens is 363 g/mol. The summed E-state index contributed by atoms with van der Waals surface area (Å²) in [5.74, 6) is -0.139. The largest absolute Gasteiger partial charge is 0.366 e. The molecule has 3 nitrogen and oxygen atoms in total. The van der Waals surface area contributed by atoms with Crippen molar-refractivity contribution in [1.29, 1.82) is 0 Å². The van der Waals surface area contributed by atoms with Crippen LogP contribution in [0.15, 0.2) is 78.9 Å². The zero-order chi connectivity index (χ0) is 20.1. The van der Waals surface area contributed by atoms with E-state index in [9.17, 15) is 9.18 Å². The summed E-state index contributed by atoms with van der Waals surface area (Å²) in [5, 5.41) is 0. The SMILES string of the molecule is O=C(c1ccccc1CCc1ccccc1)N1CCN(c2ccccc2F)CC1. The predicted octanol–water partition coefficient (Wildman–Crippen LogP) is 4.57. The first kappa shape index (κ1) is 19.2. The minimum absolute atomic E-state index is 0.0712. The van der Waals surface area contributed by atoms with Crippen LogP contribution in [0.25, 0.3) is 0 Å². The van der Waals surface area contributed by atoms with Gasteiger partial charge in [0.25, 0.3) is 5.91 Å². The summed E-state index contributed by atoms with van der Waals surface area (Å²) in [6, 6.07) is 25.1. The molecular formula is C25H25FN2O. The van der Waals surface area contributed by atoms with Gasteiger partial charge in [-0.15, -0.1) is 0 Å². The van der Waals surface area contributed by atoms with E-state index in [-0.39, 0.29) is 11.7 Å². The van der Waals surface area contributed by atoms with Crippen LogP contribution in [0, 0.1) is 5.82 Å². The standard InChI is InChI=1S/C25H25FN2O/c26-23-12-6-7-13-24(23)27-16-18-28(19-17-27)25(29)22-11-5-4-10-21(22)15-14-20-8-2-1-3-9-20/h1-13H,14-19H2. The molecule has 1 fully saturated rings. The van der Waals surface area contributed by atoms with Crippen molar-refractivity contribution in [3.63, 3.8) is 0 Å². The van der Waals surface area contributed by atoms with Crippen molar-refractivity contribution in [1.82, 2.24) is 4.90 Å². The highest BCUT2D eigenvalue weighted by atomic mass is 19.1. The van der Waals surface area contributed by atoms with Crippen molar-refractivity contribution < 1.29 is 9.18 Å². The van der Waals surface area contributed by atoms with Gasteiger partial charge in [-0.1, -0.05) is 60.7 Å². The molecule has 148 valence electrons. The van der Waals surface area contributed by atoms with E-state index in [0.717, 1.165) is 24.0 Å². The smallest absolute Gasteiger partial charge is 0.254 e. The number of para-hydroxylation sites is 1. The van der Waals surface area contributed by atoms with Crippen LogP contribution in [-0.4, -0.2) is 37.0 Å². The number of aryl methyl sites for hydroxylation is 2. The van der Waals surface area contributed by atoms with E-state index in [2.05, 4.69) is 12.1 Å². The molecule has 0 unspecified atom stereocenters. The van der Waals surface area contributed by atoms with Crippen LogP contribution in [-0.2, 0) is 12.8 Å². The number of nitrogens with zero attached hydrogens (tertiary/aromatic N) is 2. The quantitative estimate of drug-likeness (QED) is 0.639. The molecule has 0 bridgehead atoms. The van der Waals surface area contributed by atoms with E-state index < -0.39 is 0 Å². The number of hydrogen-bond acceptors (Lipinski definition) is 2. The van der Waals surface area contributed by atoms with Gasteiger partial charge in [-0.05, 0) is 42.2 Å². The predicted molar refractivity (Wildman–Crippen MR) is 115 cm³/mol. The maximum absolute atomic E-state index is 14.1. The maximum atomic E-state index is 14.1. The van der Waals surface area contributed by atoms with Crippen LogP contribution in [0.4, 0.5) is 10.1 Å². The zero-order valence-electron chi connectivity index (χ0n) is 16.4. The molecule has 0 aliphatic carbocycles. The van der Waals surface area contributed by atoms with Gasteiger partial charge in [0, 0.05) is 31.7 Å². The number of halogens is 1. The first-order valence-corrected chi connectivity index (χ1v) is 10.1. The van der Waals surface area contributed by atoms with Gasteiger partial charge in [0.15, 0.2) is 0 Å². The molecule has 0 atom stereocenters. The number of carbonyl (C=O) groups excluding carboxylic acids is 1. The van der Waals surface area contributed by atoms with E-state index in [1.54, 1.807) is 12.1 Å². The summed E-state index contributed by atoms with van der Waals surface area (Å²) in [6.07, 6.45) is 1.74. The minimum Gasteiger partial charge on any atom is -0.366 e. The summed E-state index contributed by atoms with van der Waals surface area (Å²) in [7, 11) is 0. The third kappa shape index (κ3) is 4.48. The molecule has 0 N–H and O–H groups in total. The van der Waals surface area contributed by atoms with E-state index >= 15 is 0 Å². The van der Waals surface area contributed by atoms with Crippen LogP contribution in [0.5, 0.6) is 0 Å². The number of amides is 1. The maximum Gasteiger partial charge on any atom is 0.254 e. The molecule has 1 aliphatic heterocycles. The Morgan fingerprint density at radius 3 is 2.17 bits per heavy atom. The number of anilines is 1. The van der Waals surface area contributed by atoms with Crippen LogP contribution < -0.4 is 4.90 Å². The van der Waals surface area contributed by atoms with Gasteiger partial charge >= 0.3 is 0 Å². The summed E-state index contributed by atoms with van der Waals surface area (Å²) in [6.45, 7) is 2.47. The molecule has 3 aromatic carbocycles. The summed E-state index contributed by atoms with van der Waals surface area (Å²) < 4.78 is 14.1. The molecule has 1 saturated heterocycles. The number of carbonyl (C=O) groups is 1. The molecule has 4 rings (SSSR count). The average Bonchev–Trinajstić information content (AvgIpc) is 2.79. The lowest BCUT2D eigenvalue weighted by Crippen LogP contribution is -2.49. The monoisotopic (exact) mass is 388 g/mol. The van der Waals surface area contributed by atoms with Crippen LogP contribution in [0.2, 0.25) is 0 Å². The molecule has 29 heavy (non-hydrogen) atoms. The summed E-state index contributed by atoms with van der Waals surface area (Å²) in [5.41, 5.74) is 3.75. The number of benzene rings is 3. The van der Waals surface area contributed by atoms with Gasteiger partial charge in [-0.3, -0.25) is 4.79 Å². The second-order valence-corrected chi connectivity index (χ2v) is 7.37. The van der Waals surface area contributed by atoms with Crippen molar-refractivity contribution in [3.05, 3.63) is 101 Å². The Kier molecular flexibility index (Phi) is 5.89. The summed E-state index contributed by atoms with van der Waals surface area (Å²) in [4.78, 5) is 17.1. The lowest BCUT2D eigenvalue weighted by atomic mass is 9.99. The molecule has 0 saturated carbocycles. The van der Waals surface area contributed by atoms with Gasteiger partial charge in [0.1, 0.15) is 5.82 Å². The van der Waals surface area contributed by atoms with Crippen molar-refractivity contribution >= 4 is 11.6 Å². The molecule has 0 spiro atoms.